The van der Waals surface area contributed by atoms with Crippen molar-refractivity contribution >= 4 is 11.8 Å². The Morgan fingerprint density at radius 1 is 1.35 bits per heavy atom. The Labute approximate surface area is 125 Å². The smallest absolute Gasteiger partial charge is 0.109 e. The summed E-state index contributed by atoms with van der Waals surface area (Å²) in [7, 11) is 2.05. The Balaban J connectivity index is 1.83. The van der Waals surface area contributed by atoms with Crippen molar-refractivity contribution < 1.29 is 0 Å². The number of hydrogen-bond acceptors (Lipinski definition) is 3. The van der Waals surface area contributed by atoms with Gasteiger partial charge in [-0.25, -0.2) is 4.98 Å². The number of imidazole rings is 1. The van der Waals surface area contributed by atoms with Crippen molar-refractivity contribution in [3.63, 3.8) is 0 Å². The van der Waals surface area contributed by atoms with Crippen LogP contribution in [0, 0.1) is 0 Å². The maximum absolute atomic E-state index is 4.35. The molecule has 3 nitrogen and oxygen atoms in total. The van der Waals surface area contributed by atoms with Gasteiger partial charge in [-0.1, -0.05) is 26.0 Å². The quantitative estimate of drug-likeness (QED) is 0.794. The van der Waals surface area contributed by atoms with E-state index in [9.17, 15) is 0 Å². The fraction of sp³-hybridized carbons (Fsp3) is 0.438. The molecule has 0 unspecified atom stereocenters. The first-order chi connectivity index (χ1) is 9.65. The van der Waals surface area contributed by atoms with Crippen LogP contribution >= 0.6 is 11.8 Å². The highest BCUT2D eigenvalue weighted by Gasteiger charge is 2.01. The minimum absolute atomic E-state index is 0.523. The zero-order valence-corrected chi connectivity index (χ0v) is 13.3. The lowest BCUT2D eigenvalue weighted by molar-refractivity contribution is 0.588. The Bertz CT molecular complexity index is 534. The van der Waals surface area contributed by atoms with Gasteiger partial charge in [-0.2, -0.15) is 0 Å². The summed E-state index contributed by atoms with van der Waals surface area (Å²) in [5.41, 5.74) is 1.35. The number of benzene rings is 1. The van der Waals surface area contributed by atoms with Crippen molar-refractivity contribution in [2.24, 2.45) is 7.05 Å². The molecule has 0 radical (unpaired) electrons. The molecule has 0 amide bonds. The van der Waals surface area contributed by atoms with E-state index in [1.54, 1.807) is 0 Å². The molecular formula is C16H23N3S. The number of thioether (sulfide) groups is 1. The number of hydrogen-bond donors (Lipinski definition) is 1. The molecule has 1 aromatic heterocycles. The van der Waals surface area contributed by atoms with Gasteiger partial charge in [0.25, 0.3) is 0 Å². The van der Waals surface area contributed by atoms with Gasteiger partial charge in [-0.05, 0) is 17.7 Å². The van der Waals surface area contributed by atoms with Gasteiger partial charge in [-0.15, -0.1) is 11.8 Å². The molecule has 108 valence electrons. The Hall–Kier alpha value is -1.26. The summed E-state index contributed by atoms with van der Waals surface area (Å²) >= 11 is 1.89. The highest BCUT2D eigenvalue weighted by Crippen LogP contribution is 2.20. The van der Waals surface area contributed by atoms with E-state index in [4.69, 9.17) is 0 Å². The SMILES string of the molecule is CC(C)NCc1cccc(SCCc2nccn2C)c1. The molecule has 2 aromatic rings. The standard InChI is InChI=1S/C16H23N3S/c1-13(2)18-12-14-5-4-6-15(11-14)20-10-7-16-17-8-9-19(16)3/h4-6,8-9,11,13,18H,7,10,12H2,1-3H3. The van der Waals surface area contributed by atoms with Gasteiger partial charge in [0.05, 0.1) is 0 Å². The van der Waals surface area contributed by atoms with E-state index in [-0.39, 0.29) is 0 Å². The minimum Gasteiger partial charge on any atom is -0.338 e. The van der Waals surface area contributed by atoms with Crippen LogP contribution in [0.3, 0.4) is 0 Å². The van der Waals surface area contributed by atoms with Crippen molar-refractivity contribution in [1.29, 1.82) is 0 Å². The van der Waals surface area contributed by atoms with Crippen LogP contribution in [0.2, 0.25) is 0 Å². The van der Waals surface area contributed by atoms with E-state index < -0.39 is 0 Å². The average molecular weight is 289 g/mol. The first kappa shape index (κ1) is 15.1. The summed E-state index contributed by atoms with van der Waals surface area (Å²) in [6.45, 7) is 5.28. The van der Waals surface area contributed by atoms with Crippen LogP contribution in [0.25, 0.3) is 0 Å². The molecule has 20 heavy (non-hydrogen) atoms. The van der Waals surface area contributed by atoms with Crippen molar-refractivity contribution in [3.05, 3.63) is 48.0 Å². The van der Waals surface area contributed by atoms with E-state index in [0.717, 1.165) is 24.5 Å². The molecule has 0 fully saturated rings. The van der Waals surface area contributed by atoms with Crippen molar-refractivity contribution in [3.8, 4) is 0 Å². The van der Waals surface area contributed by atoms with E-state index in [1.165, 1.54) is 10.5 Å². The fourth-order valence-electron chi connectivity index (χ4n) is 1.96. The topological polar surface area (TPSA) is 29.9 Å². The molecule has 1 heterocycles. The molecule has 0 aliphatic carbocycles. The molecular weight excluding hydrogens is 266 g/mol. The van der Waals surface area contributed by atoms with Crippen LogP contribution in [-0.4, -0.2) is 21.3 Å². The molecule has 0 spiro atoms. The second-order valence-electron chi connectivity index (χ2n) is 5.24. The van der Waals surface area contributed by atoms with Crippen LogP contribution in [0.5, 0.6) is 0 Å². The van der Waals surface area contributed by atoms with E-state index in [0.29, 0.717) is 6.04 Å². The van der Waals surface area contributed by atoms with Gasteiger partial charge >= 0.3 is 0 Å². The van der Waals surface area contributed by atoms with Gasteiger partial charge in [0.2, 0.25) is 0 Å². The average Bonchev–Trinajstić information content (AvgIpc) is 2.83. The molecule has 2 rings (SSSR count). The third-order valence-electron chi connectivity index (χ3n) is 3.13. The number of nitrogens with one attached hydrogen (secondary N) is 1. The Kier molecular flexibility index (Phi) is 5.68. The Morgan fingerprint density at radius 2 is 2.20 bits per heavy atom. The summed E-state index contributed by atoms with van der Waals surface area (Å²) in [4.78, 5) is 5.69. The lowest BCUT2D eigenvalue weighted by Gasteiger charge is -2.09. The normalized spacial score (nSPS) is 11.2. The molecule has 0 atom stereocenters. The first-order valence-electron chi connectivity index (χ1n) is 7.06. The number of aromatic nitrogens is 2. The summed E-state index contributed by atoms with van der Waals surface area (Å²) in [5, 5.41) is 3.45. The van der Waals surface area contributed by atoms with E-state index in [1.807, 2.05) is 31.2 Å². The number of rotatable bonds is 7. The van der Waals surface area contributed by atoms with Gasteiger partial charge in [-0.3, -0.25) is 0 Å². The summed E-state index contributed by atoms with van der Waals surface area (Å²) in [5.74, 6) is 2.21. The van der Waals surface area contributed by atoms with Crippen molar-refractivity contribution in [2.45, 2.75) is 37.8 Å². The predicted octanol–water partition coefficient (Wildman–Crippen LogP) is 3.25. The van der Waals surface area contributed by atoms with Crippen molar-refractivity contribution in [2.75, 3.05) is 5.75 Å². The van der Waals surface area contributed by atoms with E-state index in [2.05, 4.69) is 53.0 Å². The zero-order valence-electron chi connectivity index (χ0n) is 12.5. The van der Waals surface area contributed by atoms with E-state index >= 15 is 0 Å². The van der Waals surface area contributed by atoms with Gasteiger partial charge in [0.15, 0.2) is 0 Å². The zero-order chi connectivity index (χ0) is 14.4. The molecule has 0 saturated heterocycles. The fourth-order valence-corrected chi connectivity index (χ4v) is 2.89. The summed E-state index contributed by atoms with van der Waals surface area (Å²) in [6, 6.07) is 9.30. The maximum atomic E-state index is 4.35. The second-order valence-corrected chi connectivity index (χ2v) is 6.40. The maximum Gasteiger partial charge on any atom is 0.109 e. The first-order valence-corrected chi connectivity index (χ1v) is 8.05. The lowest BCUT2D eigenvalue weighted by Crippen LogP contribution is -2.21. The predicted molar refractivity (Wildman–Crippen MR) is 86.1 cm³/mol. The third kappa shape index (κ3) is 4.69. The number of nitrogens with zero attached hydrogens (tertiary/aromatic N) is 2. The minimum atomic E-state index is 0.523. The van der Waals surface area contributed by atoms with Crippen LogP contribution in [0.1, 0.15) is 25.2 Å². The van der Waals surface area contributed by atoms with Crippen LogP contribution in [0.4, 0.5) is 0 Å². The van der Waals surface area contributed by atoms with Gasteiger partial charge < -0.3 is 9.88 Å². The van der Waals surface area contributed by atoms with Gasteiger partial charge in [0, 0.05) is 49.1 Å². The molecule has 0 aliphatic heterocycles. The molecule has 4 heteroatoms. The Morgan fingerprint density at radius 3 is 2.90 bits per heavy atom. The summed E-state index contributed by atoms with van der Waals surface area (Å²) < 4.78 is 2.09. The molecule has 1 aromatic carbocycles. The summed E-state index contributed by atoms with van der Waals surface area (Å²) in [6.07, 6.45) is 4.86. The van der Waals surface area contributed by atoms with Crippen LogP contribution in [0.15, 0.2) is 41.6 Å². The van der Waals surface area contributed by atoms with Crippen molar-refractivity contribution in [1.82, 2.24) is 14.9 Å². The highest BCUT2D eigenvalue weighted by molar-refractivity contribution is 7.99. The van der Waals surface area contributed by atoms with Crippen LogP contribution in [-0.2, 0) is 20.0 Å². The largest absolute Gasteiger partial charge is 0.338 e. The van der Waals surface area contributed by atoms with Crippen LogP contribution < -0.4 is 5.32 Å². The molecule has 0 saturated carbocycles. The molecule has 0 aliphatic rings. The highest BCUT2D eigenvalue weighted by atomic mass is 32.2. The third-order valence-corrected chi connectivity index (χ3v) is 4.12. The molecule has 0 bridgehead atoms. The second kappa shape index (κ2) is 7.50. The monoisotopic (exact) mass is 289 g/mol. The van der Waals surface area contributed by atoms with Gasteiger partial charge in [0.1, 0.15) is 5.82 Å². The lowest BCUT2D eigenvalue weighted by atomic mass is 10.2. The number of aryl methyl sites for hydroxylation is 2. The molecule has 1 N–H and O–H groups in total.